The molecule has 0 heterocycles. The van der Waals surface area contributed by atoms with Crippen LogP contribution in [-0.2, 0) is 9.84 Å². The van der Waals surface area contributed by atoms with Gasteiger partial charge >= 0.3 is 0 Å². The number of benzene rings is 1. The molecule has 1 N–H and O–H groups in total. The van der Waals surface area contributed by atoms with Gasteiger partial charge in [0.15, 0.2) is 0 Å². The Hall–Kier alpha value is -0.780. The number of halogens is 1. The molecule has 1 aromatic carbocycles. The van der Waals surface area contributed by atoms with Crippen LogP contribution in [-0.4, -0.2) is 39.1 Å². The van der Waals surface area contributed by atoms with Gasteiger partial charge in [-0.2, -0.15) is 0 Å². The Morgan fingerprint density at radius 2 is 2.10 bits per heavy atom. The standard InChI is InChI=1S/C14H22ClNO3S/c1-4-16-14(8-9-20(3,17)18)11(2)19-13-7-5-6-12(15)10-13/h5-7,10-11,14,16H,4,8-9H2,1-3H3. The topological polar surface area (TPSA) is 55.4 Å². The largest absolute Gasteiger partial charge is 0.489 e. The third-order valence-corrected chi connectivity index (χ3v) is 4.16. The van der Waals surface area contributed by atoms with Gasteiger partial charge in [-0.3, -0.25) is 0 Å². The zero-order valence-electron chi connectivity index (χ0n) is 12.1. The molecule has 0 aromatic heterocycles. The summed E-state index contributed by atoms with van der Waals surface area (Å²) in [4.78, 5) is 0. The maximum absolute atomic E-state index is 11.3. The average molecular weight is 320 g/mol. The molecule has 0 spiro atoms. The van der Waals surface area contributed by atoms with E-state index in [1.54, 1.807) is 12.1 Å². The number of likely N-dealkylation sites (N-methyl/N-ethyl adjacent to an activating group) is 1. The summed E-state index contributed by atoms with van der Waals surface area (Å²) in [6, 6.07) is 7.17. The lowest BCUT2D eigenvalue weighted by molar-refractivity contribution is 0.168. The zero-order chi connectivity index (χ0) is 15.2. The van der Waals surface area contributed by atoms with Crippen molar-refractivity contribution < 1.29 is 13.2 Å². The Kier molecular flexibility index (Phi) is 6.79. The Balaban J connectivity index is 2.66. The molecule has 0 aliphatic carbocycles. The predicted octanol–water partition coefficient (Wildman–Crippen LogP) is 2.52. The first kappa shape index (κ1) is 17.3. The van der Waals surface area contributed by atoms with Crippen LogP contribution >= 0.6 is 11.6 Å². The molecule has 0 fully saturated rings. The van der Waals surface area contributed by atoms with E-state index in [1.165, 1.54) is 6.26 Å². The second kappa shape index (κ2) is 7.86. The van der Waals surface area contributed by atoms with E-state index in [2.05, 4.69) is 5.32 Å². The number of ether oxygens (including phenoxy) is 1. The first-order chi connectivity index (χ1) is 9.31. The van der Waals surface area contributed by atoms with Gasteiger partial charge in [0, 0.05) is 17.3 Å². The first-order valence-corrected chi connectivity index (χ1v) is 9.09. The minimum atomic E-state index is -2.97. The van der Waals surface area contributed by atoms with Crippen molar-refractivity contribution in [2.45, 2.75) is 32.4 Å². The quantitative estimate of drug-likeness (QED) is 0.800. The fourth-order valence-corrected chi connectivity index (χ4v) is 2.81. The molecule has 1 aromatic rings. The summed E-state index contributed by atoms with van der Waals surface area (Å²) in [5, 5.41) is 3.88. The van der Waals surface area contributed by atoms with Crippen molar-refractivity contribution in [1.82, 2.24) is 5.32 Å². The smallest absolute Gasteiger partial charge is 0.147 e. The number of hydrogen-bond acceptors (Lipinski definition) is 4. The highest BCUT2D eigenvalue weighted by Crippen LogP contribution is 2.19. The van der Waals surface area contributed by atoms with E-state index in [4.69, 9.17) is 16.3 Å². The van der Waals surface area contributed by atoms with Crippen molar-refractivity contribution in [2.75, 3.05) is 18.6 Å². The van der Waals surface area contributed by atoms with Crippen LogP contribution in [0.5, 0.6) is 5.75 Å². The summed E-state index contributed by atoms with van der Waals surface area (Å²) in [5.41, 5.74) is 0. The molecular weight excluding hydrogens is 298 g/mol. The molecule has 0 radical (unpaired) electrons. The van der Waals surface area contributed by atoms with Crippen molar-refractivity contribution in [1.29, 1.82) is 0 Å². The van der Waals surface area contributed by atoms with Gasteiger partial charge in [-0.05, 0) is 38.1 Å². The molecule has 114 valence electrons. The van der Waals surface area contributed by atoms with Crippen LogP contribution < -0.4 is 10.1 Å². The second-order valence-electron chi connectivity index (χ2n) is 4.86. The number of hydrogen-bond donors (Lipinski definition) is 1. The first-order valence-electron chi connectivity index (χ1n) is 6.65. The molecule has 2 atom stereocenters. The lowest BCUT2D eigenvalue weighted by Gasteiger charge is -2.25. The number of nitrogens with one attached hydrogen (secondary N) is 1. The monoisotopic (exact) mass is 319 g/mol. The fourth-order valence-electron chi connectivity index (χ4n) is 1.94. The summed E-state index contributed by atoms with van der Waals surface area (Å²) < 4.78 is 28.4. The van der Waals surface area contributed by atoms with Crippen LogP contribution in [0.3, 0.4) is 0 Å². The van der Waals surface area contributed by atoms with Gasteiger partial charge in [-0.25, -0.2) is 8.42 Å². The molecule has 6 heteroatoms. The average Bonchev–Trinajstić information content (AvgIpc) is 2.33. The van der Waals surface area contributed by atoms with E-state index in [9.17, 15) is 8.42 Å². The molecule has 20 heavy (non-hydrogen) atoms. The van der Waals surface area contributed by atoms with E-state index in [0.29, 0.717) is 17.2 Å². The normalized spacial score (nSPS) is 14.8. The Morgan fingerprint density at radius 1 is 1.40 bits per heavy atom. The van der Waals surface area contributed by atoms with E-state index in [1.807, 2.05) is 26.0 Å². The Bertz CT molecular complexity index is 519. The molecule has 0 amide bonds. The Morgan fingerprint density at radius 3 is 2.65 bits per heavy atom. The summed E-state index contributed by atoms with van der Waals surface area (Å²) in [6.07, 6.45) is 1.63. The van der Waals surface area contributed by atoms with Crippen LogP contribution in [0.4, 0.5) is 0 Å². The molecule has 0 aliphatic rings. The van der Waals surface area contributed by atoms with Crippen LogP contribution in [0.1, 0.15) is 20.3 Å². The maximum Gasteiger partial charge on any atom is 0.147 e. The van der Waals surface area contributed by atoms with Gasteiger partial charge in [-0.1, -0.05) is 24.6 Å². The molecular formula is C14H22ClNO3S. The molecule has 0 saturated carbocycles. The third-order valence-electron chi connectivity index (χ3n) is 2.95. The van der Waals surface area contributed by atoms with Gasteiger partial charge in [0.1, 0.15) is 21.7 Å². The lowest BCUT2D eigenvalue weighted by atomic mass is 10.1. The summed E-state index contributed by atoms with van der Waals surface area (Å²) in [7, 11) is -2.97. The van der Waals surface area contributed by atoms with Crippen molar-refractivity contribution >= 4 is 21.4 Å². The molecule has 0 aliphatic heterocycles. The van der Waals surface area contributed by atoms with Crippen molar-refractivity contribution in [2.24, 2.45) is 0 Å². The molecule has 2 unspecified atom stereocenters. The van der Waals surface area contributed by atoms with Crippen molar-refractivity contribution in [3.63, 3.8) is 0 Å². The highest BCUT2D eigenvalue weighted by atomic mass is 35.5. The zero-order valence-corrected chi connectivity index (χ0v) is 13.7. The maximum atomic E-state index is 11.3. The molecule has 1 rings (SSSR count). The summed E-state index contributed by atoms with van der Waals surface area (Å²) >= 11 is 5.92. The number of sulfone groups is 1. The summed E-state index contributed by atoms with van der Waals surface area (Å²) in [6.45, 7) is 4.67. The van der Waals surface area contributed by atoms with E-state index in [0.717, 1.165) is 6.54 Å². The van der Waals surface area contributed by atoms with Crippen molar-refractivity contribution in [3.8, 4) is 5.75 Å². The molecule has 0 bridgehead atoms. The molecule has 4 nitrogen and oxygen atoms in total. The Labute approximate surface area is 126 Å². The SMILES string of the molecule is CCNC(CCS(C)(=O)=O)C(C)Oc1cccc(Cl)c1. The minimum Gasteiger partial charge on any atom is -0.489 e. The number of rotatable bonds is 8. The van der Waals surface area contributed by atoms with Gasteiger partial charge < -0.3 is 10.1 Å². The van der Waals surface area contributed by atoms with E-state index < -0.39 is 9.84 Å². The van der Waals surface area contributed by atoms with Crippen LogP contribution in [0.2, 0.25) is 5.02 Å². The summed E-state index contributed by atoms with van der Waals surface area (Å²) in [5.74, 6) is 0.834. The van der Waals surface area contributed by atoms with Gasteiger partial charge in [-0.15, -0.1) is 0 Å². The second-order valence-corrected chi connectivity index (χ2v) is 7.56. The van der Waals surface area contributed by atoms with Crippen LogP contribution in [0.15, 0.2) is 24.3 Å². The highest BCUT2D eigenvalue weighted by molar-refractivity contribution is 7.90. The van der Waals surface area contributed by atoms with E-state index >= 15 is 0 Å². The third kappa shape index (κ3) is 6.59. The van der Waals surface area contributed by atoms with Crippen LogP contribution in [0, 0.1) is 0 Å². The van der Waals surface area contributed by atoms with Gasteiger partial charge in [0.05, 0.1) is 5.75 Å². The lowest BCUT2D eigenvalue weighted by Crippen LogP contribution is -2.42. The van der Waals surface area contributed by atoms with Crippen molar-refractivity contribution in [3.05, 3.63) is 29.3 Å². The minimum absolute atomic E-state index is 0.0197. The predicted molar refractivity (Wildman–Crippen MR) is 83.3 cm³/mol. The van der Waals surface area contributed by atoms with Gasteiger partial charge in [0.2, 0.25) is 0 Å². The fraction of sp³-hybridized carbons (Fsp3) is 0.571. The molecule has 0 saturated heterocycles. The van der Waals surface area contributed by atoms with Gasteiger partial charge in [0.25, 0.3) is 0 Å². The van der Waals surface area contributed by atoms with E-state index in [-0.39, 0.29) is 17.9 Å². The highest BCUT2D eigenvalue weighted by Gasteiger charge is 2.19. The van der Waals surface area contributed by atoms with Crippen LogP contribution in [0.25, 0.3) is 0 Å².